The average molecular weight is 399 g/mol. The fourth-order valence-electron chi connectivity index (χ4n) is 2.16. The number of carbonyl (C=O) groups excluding carboxylic acids is 1. The first kappa shape index (κ1) is 21.2. The van der Waals surface area contributed by atoms with Crippen molar-refractivity contribution in [2.24, 2.45) is 0 Å². The van der Waals surface area contributed by atoms with Gasteiger partial charge in [0.1, 0.15) is 18.2 Å². The van der Waals surface area contributed by atoms with Crippen LogP contribution in [0.3, 0.4) is 0 Å². The van der Waals surface area contributed by atoms with E-state index in [0.717, 1.165) is 6.07 Å². The number of halogens is 3. The third-order valence-corrected chi connectivity index (χ3v) is 3.66. The van der Waals surface area contributed by atoms with Gasteiger partial charge in [0.25, 0.3) is 0 Å². The molecule has 3 rings (SSSR count). The number of aromatic nitrogens is 2. The van der Waals surface area contributed by atoms with E-state index in [2.05, 4.69) is 9.97 Å². The molecule has 0 saturated heterocycles. The van der Waals surface area contributed by atoms with Crippen LogP contribution in [0.1, 0.15) is 0 Å². The van der Waals surface area contributed by atoms with Crippen LogP contribution in [0.5, 0.6) is 5.88 Å². The van der Waals surface area contributed by atoms with Crippen LogP contribution in [0.2, 0.25) is 5.02 Å². The van der Waals surface area contributed by atoms with Gasteiger partial charge in [-0.15, -0.1) is 0 Å². The van der Waals surface area contributed by atoms with Crippen LogP contribution in [-0.2, 0) is 4.79 Å². The number of benzene rings is 2. The zero-order valence-corrected chi connectivity index (χ0v) is 16.8. The van der Waals surface area contributed by atoms with Gasteiger partial charge in [-0.1, -0.05) is 11.6 Å². The molecule has 5 nitrogen and oxygen atoms in total. The van der Waals surface area contributed by atoms with E-state index in [9.17, 15) is 18.7 Å². The van der Waals surface area contributed by atoms with E-state index in [1.807, 2.05) is 0 Å². The van der Waals surface area contributed by atoms with Gasteiger partial charge in [-0.3, -0.25) is 0 Å². The molecule has 9 heteroatoms. The molecular formula is C18H10ClF2N2NaO3. The average Bonchev–Trinajstić information content (AvgIpc) is 2.62. The molecule has 3 aromatic rings. The first-order valence-corrected chi connectivity index (χ1v) is 7.73. The van der Waals surface area contributed by atoms with Crippen molar-refractivity contribution in [3.63, 3.8) is 0 Å². The predicted octanol–water partition coefficient (Wildman–Crippen LogP) is -0.125. The SMILES string of the molecule is O=C([O-])COc1cc(-c2ccc(F)cc2)nc(-c2ccc(Cl)c(F)c2)n1.[Na+]. The van der Waals surface area contributed by atoms with Crippen molar-refractivity contribution in [3.05, 3.63) is 65.2 Å². The fraction of sp³-hybridized carbons (Fsp3) is 0.0556. The van der Waals surface area contributed by atoms with Crippen LogP contribution in [0.25, 0.3) is 22.6 Å². The van der Waals surface area contributed by atoms with Crippen LogP contribution in [-0.4, -0.2) is 22.5 Å². The van der Waals surface area contributed by atoms with Crippen molar-refractivity contribution >= 4 is 17.6 Å². The second-order valence-electron chi connectivity index (χ2n) is 5.21. The molecule has 0 atom stereocenters. The van der Waals surface area contributed by atoms with Crippen molar-refractivity contribution in [1.29, 1.82) is 0 Å². The summed E-state index contributed by atoms with van der Waals surface area (Å²) in [6.07, 6.45) is 0. The molecule has 1 heterocycles. The number of carboxylic acids is 1. The summed E-state index contributed by atoms with van der Waals surface area (Å²) in [5.41, 5.74) is 1.20. The third-order valence-electron chi connectivity index (χ3n) is 3.36. The molecule has 0 spiro atoms. The van der Waals surface area contributed by atoms with Crippen molar-refractivity contribution in [1.82, 2.24) is 9.97 Å². The second-order valence-corrected chi connectivity index (χ2v) is 5.62. The van der Waals surface area contributed by atoms with Gasteiger partial charge in [-0.05, 0) is 42.5 Å². The number of rotatable bonds is 5. The van der Waals surface area contributed by atoms with Crippen molar-refractivity contribution in [2.75, 3.05) is 6.61 Å². The second kappa shape index (κ2) is 9.23. The van der Waals surface area contributed by atoms with E-state index in [1.165, 1.54) is 42.5 Å². The van der Waals surface area contributed by atoms with E-state index in [1.54, 1.807) is 0 Å². The van der Waals surface area contributed by atoms with Gasteiger partial charge in [0.15, 0.2) is 5.82 Å². The van der Waals surface area contributed by atoms with Gasteiger partial charge >= 0.3 is 29.6 Å². The first-order valence-electron chi connectivity index (χ1n) is 7.35. The maximum absolute atomic E-state index is 13.7. The van der Waals surface area contributed by atoms with Crippen LogP contribution < -0.4 is 39.4 Å². The number of carboxylic acid groups (broad SMARTS) is 1. The molecule has 0 saturated carbocycles. The molecule has 0 radical (unpaired) electrons. The zero-order valence-electron chi connectivity index (χ0n) is 14.1. The number of carbonyl (C=O) groups is 1. The number of hydrogen-bond acceptors (Lipinski definition) is 5. The minimum atomic E-state index is -1.42. The van der Waals surface area contributed by atoms with Crippen molar-refractivity contribution in [2.45, 2.75) is 0 Å². The maximum atomic E-state index is 13.7. The van der Waals surface area contributed by atoms with Gasteiger partial charge in [-0.25, -0.2) is 13.8 Å². The van der Waals surface area contributed by atoms with Crippen molar-refractivity contribution < 1.29 is 53.0 Å². The summed E-state index contributed by atoms with van der Waals surface area (Å²) >= 11 is 5.68. The fourth-order valence-corrected chi connectivity index (χ4v) is 2.28. The molecule has 0 aliphatic heterocycles. The summed E-state index contributed by atoms with van der Waals surface area (Å²) in [6, 6.07) is 10.9. The number of aliphatic carboxylic acids is 1. The van der Waals surface area contributed by atoms with E-state index < -0.39 is 24.2 Å². The minimum absolute atomic E-state index is 0. The smallest absolute Gasteiger partial charge is 0.546 e. The van der Waals surface area contributed by atoms with Crippen LogP contribution >= 0.6 is 11.6 Å². The Balaban J connectivity index is 0.00000261. The Morgan fingerprint density at radius 2 is 1.70 bits per heavy atom. The summed E-state index contributed by atoms with van der Waals surface area (Å²) in [5.74, 6) is -2.45. The van der Waals surface area contributed by atoms with E-state index >= 15 is 0 Å². The van der Waals surface area contributed by atoms with Gasteiger partial charge in [0.05, 0.1) is 16.7 Å². The quantitative estimate of drug-likeness (QED) is 0.560. The molecule has 1 aromatic heterocycles. The predicted molar refractivity (Wildman–Crippen MR) is 88.3 cm³/mol. The Morgan fingerprint density at radius 3 is 2.33 bits per heavy atom. The number of hydrogen-bond donors (Lipinski definition) is 0. The molecule has 0 aliphatic carbocycles. The molecule has 0 unspecified atom stereocenters. The Bertz CT molecular complexity index is 971. The monoisotopic (exact) mass is 398 g/mol. The molecule has 0 bridgehead atoms. The Kier molecular flexibility index (Phi) is 7.26. The minimum Gasteiger partial charge on any atom is -0.546 e. The molecule has 2 aromatic carbocycles. The molecule has 0 N–H and O–H groups in total. The molecule has 0 aliphatic rings. The summed E-state index contributed by atoms with van der Waals surface area (Å²) in [7, 11) is 0. The maximum Gasteiger partial charge on any atom is 1.00 e. The first-order chi connectivity index (χ1) is 12.4. The van der Waals surface area contributed by atoms with Crippen LogP contribution in [0, 0.1) is 11.6 Å². The normalized spacial score (nSPS) is 10.2. The Labute approximate surface area is 180 Å². The molecule has 132 valence electrons. The van der Waals surface area contributed by atoms with Gasteiger partial charge in [0, 0.05) is 17.2 Å². The molecular weight excluding hydrogens is 389 g/mol. The summed E-state index contributed by atoms with van der Waals surface area (Å²) < 4.78 is 31.9. The van der Waals surface area contributed by atoms with E-state index in [-0.39, 0.29) is 46.3 Å². The van der Waals surface area contributed by atoms with Gasteiger partial charge < -0.3 is 14.6 Å². The molecule has 0 fully saturated rings. The summed E-state index contributed by atoms with van der Waals surface area (Å²) in [5, 5.41) is 10.6. The molecule has 0 amide bonds. The zero-order chi connectivity index (χ0) is 18.7. The number of nitrogens with zero attached hydrogens (tertiary/aromatic N) is 2. The van der Waals surface area contributed by atoms with Crippen molar-refractivity contribution in [3.8, 4) is 28.5 Å². The Morgan fingerprint density at radius 1 is 1.04 bits per heavy atom. The van der Waals surface area contributed by atoms with E-state index in [0.29, 0.717) is 16.8 Å². The van der Waals surface area contributed by atoms with Gasteiger partial charge in [0.2, 0.25) is 5.88 Å². The third kappa shape index (κ3) is 5.46. The summed E-state index contributed by atoms with van der Waals surface area (Å²) in [4.78, 5) is 19.0. The number of ether oxygens (including phenoxy) is 1. The topological polar surface area (TPSA) is 75.1 Å². The summed E-state index contributed by atoms with van der Waals surface area (Å²) in [6.45, 7) is -0.714. The largest absolute Gasteiger partial charge is 1.00 e. The van der Waals surface area contributed by atoms with Crippen LogP contribution in [0.4, 0.5) is 8.78 Å². The van der Waals surface area contributed by atoms with Gasteiger partial charge in [-0.2, -0.15) is 4.98 Å². The molecule has 27 heavy (non-hydrogen) atoms. The Hall–Kier alpha value is -2.06. The van der Waals surface area contributed by atoms with Crippen LogP contribution in [0.15, 0.2) is 48.5 Å². The van der Waals surface area contributed by atoms with E-state index in [4.69, 9.17) is 16.3 Å². The standard InChI is InChI=1S/C18H11ClF2N2O3.Na/c19-13-6-3-11(7-14(13)21)18-22-15(10-1-4-12(20)5-2-10)8-16(23-18)26-9-17(24)25;/h1-8H,9H2,(H,24,25);/q;+1/p-1.